The summed E-state index contributed by atoms with van der Waals surface area (Å²) in [5.41, 5.74) is 2.18. The van der Waals surface area contributed by atoms with Gasteiger partial charge in [-0.25, -0.2) is 4.39 Å². The van der Waals surface area contributed by atoms with Crippen LogP contribution in [-0.2, 0) is 0 Å². The minimum absolute atomic E-state index is 0.326. The highest BCUT2D eigenvalue weighted by molar-refractivity contribution is 7.12. The normalized spacial score (nSPS) is 18.0. The molecule has 0 spiro atoms. The molecule has 1 aliphatic carbocycles. The lowest BCUT2D eigenvalue weighted by Gasteiger charge is -2.29. The van der Waals surface area contributed by atoms with Crippen LogP contribution < -0.4 is 4.74 Å². The lowest BCUT2D eigenvalue weighted by Crippen LogP contribution is -2.21. The van der Waals surface area contributed by atoms with E-state index in [0.29, 0.717) is 27.3 Å². The lowest BCUT2D eigenvalue weighted by molar-refractivity contribution is 0.176. The minimum Gasteiger partial charge on any atom is -0.464 e. The van der Waals surface area contributed by atoms with Gasteiger partial charge in [0.05, 0.1) is 21.7 Å². The second-order valence-corrected chi connectivity index (χ2v) is 9.37. The number of halogens is 3. The van der Waals surface area contributed by atoms with Crippen molar-refractivity contribution in [3.8, 4) is 17.0 Å². The Labute approximate surface area is 175 Å². The molecule has 1 unspecified atom stereocenters. The molecule has 140 valence electrons. The molecule has 2 aliphatic rings. The van der Waals surface area contributed by atoms with Crippen LogP contribution in [0.5, 0.6) is 5.75 Å². The molecule has 0 saturated heterocycles. The molecule has 2 aromatic carbocycles. The molecule has 0 bridgehead atoms. The topological polar surface area (TPSA) is 14.2 Å². The SMILES string of the molecule is Fc1cc(Cl)cc2c1-c1cc3cc(Cl)ccc3n1C(c1ccc(C3CC3)s1)O2. The van der Waals surface area contributed by atoms with Crippen molar-refractivity contribution in [1.82, 2.24) is 4.57 Å². The first-order valence-corrected chi connectivity index (χ1v) is 10.7. The molecule has 1 saturated carbocycles. The van der Waals surface area contributed by atoms with Crippen LogP contribution in [-0.4, -0.2) is 4.57 Å². The predicted molar refractivity (Wildman–Crippen MR) is 112 cm³/mol. The van der Waals surface area contributed by atoms with Crippen LogP contribution in [0.15, 0.2) is 48.5 Å². The maximum absolute atomic E-state index is 14.9. The monoisotopic (exact) mass is 429 g/mol. The number of hydrogen-bond acceptors (Lipinski definition) is 2. The van der Waals surface area contributed by atoms with Gasteiger partial charge in [-0.1, -0.05) is 23.2 Å². The zero-order chi connectivity index (χ0) is 19.0. The third kappa shape index (κ3) is 2.52. The average molecular weight is 430 g/mol. The van der Waals surface area contributed by atoms with Crippen molar-refractivity contribution in [2.24, 2.45) is 0 Å². The predicted octanol–water partition coefficient (Wildman–Crippen LogP) is 7.63. The van der Waals surface area contributed by atoms with Crippen molar-refractivity contribution in [1.29, 1.82) is 0 Å². The van der Waals surface area contributed by atoms with Gasteiger partial charge in [0.25, 0.3) is 0 Å². The van der Waals surface area contributed by atoms with E-state index in [1.54, 1.807) is 17.4 Å². The summed E-state index contributed by atoms with van der Waals surface area (Å²) in [6.45, 7) is 0. The second kappa shape index (κ2) is 5.99. The van der Waals surface area contributed by atoms with E-state index >= 15 is 0 Å². The number of ether oxygens (including phenoxy) is 1. The summed E-state index contributed by atoms with van der Waals surface area (Å²) in [7, 11) is 0. The van der Waals surface area contributed by atoms with Gasteiger partial charge in [0.1, 0.15) is 11.6 Å². The highest BCUT2D eigenvalue weighted by Crippen LogP contribution is 2.49. The molecule has 0 amide bonds. The number of rotatable bonds is 2. The van der Waals surface area contributed by atoms with Crippen molar-refractivity contribution in [2.45, 2.75) is 25.0 Å². The van der Waals surface area contributed by atoms with Gasteiger partial charge in [-0.3, -0.25) is 4.57 Å². The van der Waals surface area contributed by atoms with E-state index in [2.05, 4.69) is 16.7 Å². The summed E-state index contributed by atoms with van der Waals surface area (Å²) < 4.78 is 23.3. The average Bonchev–Trinajstić information content (AvgIpc) is 3.26. The molecule has 1 fully saturated rings. The van der Waals surface area contributed by atoms with E-state index in [1.807, 2.05) is 24.3 Å². The van der Waals surface area contributed by atoms with Crippen molar-refractivity contribution in [3.05, 3.63) is 74.1 Å². The second-order valence-electron chi connectivity index (χ2n) is 7.35. The van der Waals surface area contributed by atoms with Gasteiger partial charge >= 0.3 is 0 Å². The Balaban J connectivity index is 1.62. The molecule has 28 heavy (non-hydrogen) atoms. The van der Waals surface area contributed by atoms with Crippen LogP contribution in [0.2, 0.25) is 10.0 Å². The van der Waals surface area contributed by atoms with Gasteiger partial charge < -0.3 is 4.74 Å². The molecule has 6 rings (SSSR count). The molecule has 3 heterocycles. The summed E-state index contributed by atoms with van der Waals surface area (Å²) in [5, 5.41) is 1.93. The van der Waals surface area contributed by atoms with E-state index in [9.17, 15) is 4.39 Å². The van der Waals surface area contributed by atoms with Crippen LogP contribution in [0.25, 0.3) is 22.2 Å². The van der Waals surface area contributed by atoms with Crippen molar-refractivity contribution in [3.63, 3.8) is 0 Å². The van der Waals surface area contributed by atoms with Gasteiger partial charge in [0.15, 0.2) is 0 Å². The summed E-state index contributed by atoms with van der Waals surface area (Å²) in [5.74, 6) is 0.764. The maximum atomic E-state index is 14.9. The first kappa shape index (κ1) is 16.9. The third-order valence-corrected chi connectivity index (χ3v) is 7.15. The third-order valence-electron chi connectivity index (χ3n) is 5.42. The lowest BCUT2D eigenvalue weighted by atomic mass is 10.1. The number of fused-ring (bicyclic) bond motifs is 5. The molecular weight excluding hydrogens is 416 g/mol. The van der Waals surface area contributed by atoms with Gasteiger partial charge in [-0.05, 0) is 67.3 Å². The molecule has 2 nitrogen and oxygen atoms in total. The Morgan fingerprint density at radius 1 is 0.964 bits per heavy atom. The van der Waals surface area contributed by atoms with Crippen LogP contribution in [0.4, 0.5) is 4.39 Å². The van der Waals surface area contributed by atoms with Crippen LogP contribution in [0, 0.1) is 5.82 Å². The van der Waals surface area contributed by atoms with E-state index in [1.165, 1.54) is 23.8 Å². The molecular formula is C22H14Cl2FNOS. The summed E-state index contributed by atoms with van der Waals surface area (Å²) in [6.07, 6.45) is 2.15. The van der Waals surface area contributed by atoms with Gasteiger partial charge in [0, 0.05) is 20.3 Å². The summed E-state index contributed by atoms with van der Waals surface area (Å²) in [4.78, 5) is 2.49. The Morgan fingerprint density at radius 3 is 2.61 bits per heavy atom. The van der Waals surface area contributed by atoms with Crippen LogP contribution in [0.3, 0.4) is 0 Å². The number of hydrogen-bond donors (Lipinski definition) is 0. The highest BCUT2D eigenvalue weighted by Gasteiger charge is 2.33. The Bertz CT molecular complexity index is 1260. The smallest absolute Gasteiger partial charge is 0.212 e. The molecule has 0 N–H and O–H groups in total. The van der Waals surface area contributed by atoms with Gasteiger partial charge in [0.2, 0.25) is 6.23 Å². The number of nitrogens with zero attached hydrogens (tertiary/aromatic N) is 1. The molecule has 2 aromatic heterocycles. The number of benzene rings is 2. The molecule has 4 aromatic rings. The van der Waals surface area contributed by atoms with Crippen LogP contribution >= 0.6 is 34.5 Å². The van der Waals surface area contributed by atoms with E-state index in [0.717, 1.165) is 21.5 Å². The van der Waals surface area contributed by atoms with Gasteiger partial charge in [-0.2, -0.15) is 0 Å². The maximum Gasteiger partial charge on any atom is 0.212 e. The number of aromatic nitrogens is 1. The van der Waals surface area contributed by atoms with E-state index in [-0.39, 0.29) is 12.0 Å². The summed E-state index contributed by atoms with van der Waals surface area (Å²) in [6, 6.07) is 15.0. The van der Waals surface area contributed by atoms with Crippen molar-refractivity contribution in [2.75, 3.05) is 0 Å². The highest BCUT2D eigenvalue weighted by atomic mass is 35.5. The molecule has 1 atom stereocenters. The number of thiophene rings is 1. The fourth-order valence-corrected chi connectivity index (χ4v) is 5.57. The molecule has 6 heteroatoms. The molecule has 1 aliphatic heterocycles. The first-order chi connectivity index (χ1) is 13.6. The van der Waals surface area contributed by atoms with E-state index in [4.69, 9.17) is 27.9 Å². The summed E-state index contributed by atoms with van der Waals surface area (Å²) >= 11 is 14.1. The zero-order valence-electron chi connectivity index (χ0n) is 14.6. The molecule has 0 radical (unpaired) electrons. The van der Waals surface area contributed by atoms with Crippen molar-refractivity contribution >= 4 is 45.4 Å². The Morgan fingerprint density at radius 2 is 1.79 bits per heavy atom. The first-order valence-electron chi connectivity index (χ1n) is 9.15. The Hall–Kier alpha value is -2.01. The Kier molecular flexibility index (Phi) is 3.62. The van der Waals surface area contributed by atoms with Crippen molar-refractivity contribution < 1.29 is 9.13 Å². The van der Waals surface area contributed by atoms with Gasteiger partial charge in [-0.15, -0.1) is 11.3 Å². The largest absolute Gasteiger partial charge is 0.464 e. The van der Waals surface area contributed by atoms with E-state index < -0.39 is 0 Å². The zero-order valence-corrected chi connectivity index (χ0v) is 16.9. The fourth-order valence-electron chi connectivity index (χ4n) is 3.99. The quantitative estimate of drug-likeness (QED) is 0.319. The minimum atomic E-state index is -0.388. The van der Waals surface area contributed by atoms with Crippen LogP contribution in [0.1, 0.15) is 34.7 Å². The standard InChI is InChI=1S/C22H14Cl2FNOS/c23-13-3-4-16-12(7-13)8-17-21-15(25)9-14(24)10-18(21)27-22(26(16)17)20-6-5-19(28-20)11-1-2-11/h3-11,22H,1-2H2. The fraction of sp³-hybridized carbons (Fsp3) is 0.182.